The largest absolute Gasteiger partial charge is 0.314 e. The minimum absolute atomic E-state index is 0.590. The third-order valence-electron chi connectivity index (χ3n) is 3.88. The Bertz CT molecular complexity index is 563. The number of aromatic nitrogens is 1. The summed E-state index contributed by atoms with van der Waals surface area (Å²) in [5, 5.41) is 3.51. The second kappa shape index (κ2) is 3.77. The van der Waals surface area contributed by atoms with Gasteiger partial charge in [-0.15, -0.1) is 11.3 Å². The molecular weight excluding hydrogens is 230 g/mol. The van der Waals surface area contributed by atoms with Crippen molar-refractivity contribution in [1.82, 2.24) is 15.2 Å². The average molecular weight is 245 g/mol. The molecule has 2 aliphatic rings. The van der Waals surface area contributed by atoms with Gasteiger partial charge in [-0.25, -0.2) is 0 Å². The highest BCUT2D eigenvalue weighted by atomic mass is 32.1. The first-order valence-electron chi connectivity index (χ1n) is 6.24. The summed E-state index contributed by atoms with van der Waals surface area (Å²) in [5.74, 6) is 0. The van der Waals surface area contributed by atoms with Crippen LogP contribution >= 0.6 is 11.3 Å². The van der Waals surface area contributed by atoms with E-state index in [2.05, 4.69) is 21.3 Å². The van der Waals surface area contributed by atoms with E-state index in [9.17, 15) is 0 Å². The Hall–Kier alpha value is -0.970. The number of piperazine rings is 1. The maximum Gasteiger partial charge on any atom is 0.0845 e. The molecule has 1 unspecified atom stereocenters. The van der Waals surface area contributed by atoms with Gasteiger partial charge in [0.05, 0.1) is 16.3 Å². The molecule has 4 heterocycles. The highest BCUT2D eigenvalue weighted by molar-refractivity contribution is 7.19. The SMILES string of the molecule is c1cnc2c3c(sc2c1)C1CNCCN1CC3. The Labute approximate surface area is 104 Å². The van der Waals surface area contributed by atoms with E-state index < -0.39 is 0 Å². The summed E-state index contributed by atoms with van der Waals surface area (Å²) >= 11 is 1.94. The van der Waals surface area contributed by atoms with Gasteiger partial charge in [0.25, 0.3) is 0 Å². The van der Waals surface area contributed by atoms with Crippen LogP contribution in [0.5, 0.6) is 0 Å². The highest BCUT2D eigenvalue weighted by Crippen LogP contribution is 2.40. The molecule has 2 aliphatic heterocycles. The van der Waals surface area contributed by atoms with Crippen molar-refractivity contribution in [3.8, 4) is 0 Å². The van der Waals surface area contributed by atoms with Gasteiger partial charge in [-0.2, -0.15) is 0 Å². The number of fused-ring (bicyclic) bond motifs is 5. The lowest BCUT2D eigenvalue weighted by Crippen LogP contribution is -2.48. The van der Waals surface area contributed by atoms with E-state index in [1.807, 2.05) is 23.6 Å². The number of pyridine rings is 1. The van der Waals surface area contributed by atoms with Crippen molar-refractivity contribution in [2.45, 2.75) is 12.5 Å². The normalized spacial score (nSPS) is 24.6. The quantitative estimate of drug-likeness (QED) is 0.767. The minimum atomic E-state index is 0.590. The zero-order valence-corrected chi connectivity index (χ0v) is 10.5. The second-order valence-electron chi connectivity index (χ2n) is 4.80. The number of thiophene rings is 1. The van der Waals surface area contributed by atoms with Crippen LogP contribution < -0.4 is 5.32 Å². The van der Waals surface area contributed by atoms with Crippen molar-refractivity contribution in [2.24, 2.45) is 0 Å². The first kappa shape index (κ1) is 10.00. The van der Waals surface area contributed by atoms with Gasteiger partial charge < -0.3 is 5.32 Å². The number of nitrogens with one attached hydrogen (secondary N) is 1. The summed E-state index contributed by atoms with van der Waals surface area (Å²) in [6.45, 7) is 4.61. The first-order chi connectivity index (χ1) is 8.43. The van der Waals surface area contributed by atoms with E-state index in [1.54, 1.807) is 4.88 Å². The summed E-state index contributed by atoms with van der Waals surface area (Å²) in [7, 11) is 0. The number of hydrogen-bond donors (Lipinski definition) is 1. The lowest BCUT2D eigenvalue weighted by molar-refractivity contribution is 0.155. The van der Waals surface area contributed by atoms with Gasteiger partial charge in [-0.05, 0) is 24.1 Å². The van der Waals surface area contributed by atoms with E-state index in [4.69, 9.17) is 0 Å². The third kappa shape index (κ3) is 1.44. The molecule has 0 radical (unpaired) electrons. The van der Waals surface area contributed by atoms with Gasteiger partial charge in [-0.3, -0.25) is 9.88 Å². The van der Waals surface area contributed by atoms with Gasteiger partial charge >= 0.3 is 0 Å². The molecule has 3 nitrogen and oxygen atoms in total. The molecule has 88 valence electrons. The molecule has 0 saturated carbocycles. The van der Waals surface area contributed by atoms with Crippen molar-refractivity contribution in [2.75, 3.05) is 26.2 Å². The summed E-state index contributed by atoms with van der Waals surface area (Å²) in [5.41, 5.74) is 2.76. The van der Waals surface area contributed by atoms with Crippen LogP contribution in [0.25, 0.3) is 10.2 Å². The zero-order chi connectivity index (χ0) is 11.2. The standard InChI is InChI=1S/C13H15N3S/c1-2-11-12(15-4-1)9-3-6-16-7-5-14-8-10(16)13(9)17-11/h1-2,4,10,14H,3,5-8H2. The van der Waals surface area contributed by atoms with Gasteiger partial charge in [0.15, 0.2) is 0 Å². The molecule has 0 bridgehead atoms. The fourth-order valence-corrected chi connectivity index (χ4v) is 4.38. The molecule has 2 aromatic rings. The Kier molecular flexibility index (Phi) is 2.21. The molecular formula is C13H15N3S. The lowest BCUT2D eigenvalue weighted by atomic mass is 9.99. The smallest absolute Gasteiger partial charge is 0.0845 e. The molecule has 2 aromatic heterocycles. The van der Waals surface area contributed by atoms with Crippen LogP contribution in [0.15, 0.2) is 18.3 Å². The molecule has 0 aromatic carbocycles. The molecule has 1 atom stereocenters. The van der Waals surface area contributed by atoms with Crippen molar-refractivity contribution >= 4 is 21.6 Å². The van der Waals surface area contributed by atoms with E-state index >= 15 is 0 Å². The van der Waals surface area contributed by atoms with Crippen molar-refractivity contribution in [3.63, 3.8) is 0 Å². The van der Waals surface area contributed by atoms with Crippen LogP contribution in [0.2, 0.25) is 0 Å². The van der Waals surface area contributed by atoms with Gasteiger partial charge in [0, 0.05) is 37.3 Å². The van der Waals surface area contributed by atoms with E-state index in [0.29, 0.717) is 6.04 Å². The predicted octanol–water partition coefficient (Wildman–Crippen LogP) is 1.80. The van der Waals surface area contributed by atoms with Crippen LogP contribution in [0.3, 0.4) is 0 Å². The summed E-state index contributed by atoms with van der Waals surface area (Å²) < 4.78 is 1.35. The fraction of sp³-hybridized carbons (Fsp3) is 0.462. The molecule has 17 heavy (non-hydrogen) atoms. The van der Waals surface area contributed by atoms with E-state index in [1.165, 1.54) is 35.3 Å². The van der Waals surface area contributed by atoms with E-state index in [-0.39, 0.29) is 0 Å². The zero-order valence-electron chi connectivity index (χ0n) is 9.65. The number of nitrogens with zero attached hydrogens (tertiary/aromatic N) is 2. The van der Waals surface area contributed by atoms with Gasteiger partial charge in [-0.1, -0.05) is 0 Å². The highest BCUT2D eigenvalue weighted by Gasteiger charge is 2.32. The molecule has 0 amide bonds. The Morgan fingerprint density at radius 1 is 1.41 bits per heavy atom. The first-order valence-corrected chi connectivity index (χ1v) is 7.06. The van der Waals surface area contributed by atoms with Gasteiger partial charge in [0.2, 0.25) is 0 Å². The molecule has 0 aliphatic carbocycles. The summed E-state index contributed by atoms with van der Waals surface area (Å²) in [6, 6.07) is 4.83. The van der Waals surface area contributed by atoms with Crippen molar-refractivity contribution in [1.29, 1.82) is 0 Å². The topological polar surface area (TPSA) is 28.2 Å². The number of hydrogen-bond acceptors (Lipinski definition) is 4. The number of rotatable bonds is 0. The Balaban J connectivity index is 1.89. The minimum Gasteiger partial charge on any atom is -0.314 e. The van der Waals surface area contributed by atoms with Crippen LogP contribution in [0, 0.1) is 0 Å². The van der Waals surface area contributed by atoms with Crippen molar-refractivity contribution in [3.05, 3.63) is 28.8 Å². The Morgan fingerprint density at radius 3 is 3.41 bits per heavy atom. The van der Waals surface area contributed by atoms with Crippen molar-refractivity contribution < 1.29 is 0 Å². The maximum absolute atomic E-state index is 4.56. The second-order valence-corrected chi connectivity index (χ2v) is 5.88. The van der Waals surface area contributed by atoms with Gasteiger partial charge in [0.1, 0.15) is 0 Å². The third-order valence-corrected chi connectivity index (χ3v) is 5.17. The summed E-state index contributed by atoms with van der Waals surface area (Å²) in [4.78, 5) is 8.74. The molecule has 1 fully saturated rings. The van der Waals surface area contributed by atoms with Crippen LogP contribution in [0.4, 0.5) is 0 Å². The summed E-state index contributed by atoms with van der Waals surface area (Å²) in [6.07, 6.45) is 3.09. The fourth-order valence-electron chi connectivity index (χ4n) is 3.03. The molecule has 1 N–H and O–H groups in total. The lowest BCUT2D eigenvalue weighted by Gasteiger charge is -2.39. The van der Waals surface area contributed by atoms with Crippen LogP contribution in [-0.2, 0) is 6.42 Å². The molecule has 1 saturated heterocycles. The Morgan fingerprint density at radius 2 is 2.41 bits per heavy atom. The predicted molar refractivity (Wildman–Crippen MR) is 70.5 cm³/mol. The monoisotopic (exact) mass is 245 g/mol. The van der Waals surface area contributed by atoms with E-state index in [0.717, 1.165) is 13.1 Å². The molecule has 4 heteroatoms. The van der Waals surface area contributed by atoms with Crippen LogP contribution in [-0.4, -0.2) is 36.1 Å². The maximum atomic E-state index is 4.56. The molecule has 0 spiro atoms. The average Bonchev–Trinajstić information content (AvgIpc) is 2.78. The molecule has 4 rings (SSSR count). The van der Waals surface area contributed by atoms with Crippen LogP contribution in [0.1, 0.15) is 16.5 Å².